The number of aromatic nitrogens is 1. The molecule has 362 valence electrons. The van der Waals surface area contributed by atoms with E-state index in [1.807, 2.05) is 13.0 Å². The van der Waals surface area contributed by atoms with Crippen LogP contribution in [0, 0.1) is 17.7 Å². The van der Waals surface area contributed by atoms with Crippen molar-refractivity contribution >= 4 is 63.6 Å². The molecule has 3 heterocycles. The third-order valence-electron chi connectivity index (χ3n) is 12.2. The summed E-state index contributed by atoms with van der Waals surface area (Å²) in [6.07, 6.45) is 5.44. The molecule has 2 fully saturated rings. The summed E-state index contributed by atoms with van der Waals surface area (Å²) in [6.45, 7) is 4.51. The van der Waals surface area contributed by atoms with Crippen LogP contribution in [-0.4, -0.2) is 124 Å². The van der Waals surface area contributed by atoms with Crippen LogP contribution in [0.2, 0.25) is 5.02 Å². The van der Waals surface area contributed by atoms with Crippen LogP contribution in [0.4, 0.5) is 10.1 Å². The second-order valence-electron chi connectivity index (χ2n) is 16.7. The molecule has 17 nitrogen and oxygen atoms in total. The van der Waals surface area contributed by atoms with E-state index in [9.17, 15) is 33.2 Å². The van der Waals surface area contributed by atoms with Gasteiger partial charge in [-0.3, -0.25) is 44.0 Å². The molecule has 1 saturated heterocycles. The summed E-state index contributed by atoms with van der Waals surface area (Å²) < 4.78 is 47.6. The Morgan fingerprint density at radius 3 is 2.24 bits per heavy atom. The maximum atomic E-state index is 14.0. The molecule has 3 N–H and O–H groups in total. The van der Waals surface area contributed by atoms with Gasteiger partial charge in [0.05, 0.1) is 74.5 Å². The largest absolute Gasteiger partial charge is 0.490 e. The Labute approximate surface area is 397 Å². The van der Waals surface area contributed by atoms with E-state index in [0.29, 0.717) is 68.6 Å². The van der Waals surface area contributed by atoms with Crippen molar-refractivity contribution in [2.75, 3.05) is 77.9 Å². The Bertz CT molecular complexity index is 2470. The minimum absolute atomic E-state index is 0.00101. The molecule has 7 rings (SSSR count). The number of fused-ring (bicyclic) bond motifs is 2. The average Bonchev–Trinajstić information content (AvgIpc) is 3.59. The van der Waals surface area contributed by atoms with E-state index in [1.165, 1.54) is 24.3 Å². The molecule has 68 heavy (non-hydrogen) atoms. The number of rotatable bonds is 24. The molecule has 3 aromatic carbocycles. The van der Waals surface area contributed by atoms with Gasteiger partial charge in [-0.25, -0.2) is 4.39 Å². The number of anilines is 1. The van der Waals surface area contributed by atoms with Crippen LogP contribution >= 0.6 is 11.6 Å². The van der Waals surface area contributed by atoms with Crippen molar-refractivity contribution < 1.29 is 61.6 Å². The maximum absolute atomic E-state index is 14.0. The molecule has 2 aliphatic heterocycles. The molecule has 2 atom stereocenters. The topological polar surface area (TPSA) is 210 Å². The zero-order chi connectivity index (χ0) is 48.0. The zero-order valence-corrected chi connectivity index (χ0v) is 38.5. The lowest BCUT2D eigenvalue weighted by atomic mass is 9.73. The molecule has 19 heteroatoms. The molecule has 1 aromatic heterocycles. The Hall–Kier alpha value is -6.05. The lowest BCUT2D eigenvalue weighted by Gasteiger charge is -2.32. The van der Waals surface area contributed by atoms with E-state index in [0.717, 1.165) is 47.0 Å². The lowest BCUT2D eigenvalue weighted by Crippen LogP contribution is -2.54. The molecule has 4 aromatic rings. The number of nitrogens with zero attached hydrogens (tertiary/aromatic N) is 2. The first-order valence-electron chi connectivity index (χ1n) is 22.8. The number of piperidine rings is 1. The smallest absolute Gasteiger partial charge is 0.266 e. The quantitative estimate of drug-likeness (QED) is 0.0577. The standard InChI is InChI=1S/C49H55ClFN5O12/c1-30(31-5-7-32(8-6-31)35-15-16-52-39-12-9-33(51)27-37(35)39)46(59)54-34-10-11-38(50)42(28-34)67-26-25-66-24-23-65-22-21-64-20-19-63-18-17-53-44(58)29-68-41-4-2-3-36-45(41)49(62)56(48(36)61)40-13-14-43(57)55-47(40)60/h2-4,9-12,15-16,27-28,30-32,40H,5-8,13-14,17-26,29H2,1H3,(H,53,58)(H,54,59)(H,55,57,60)/t30-,31-,32+,40?/m1/s1. The van der Waals surface area contributed by atoms with Gasteiger partial charge in [-0.05, 0) is 98.0 Å². The number of carbonyl (C=O) groups excluding carboxylic acids is 6. The van der Waals surface area contributed by atoms with Crippen LogP contribution in [0.1, 0.15) is 77.6 Å². The number of hydrogen-bond donors (Lipinski definition) is 3. The second-order valence-corrected chi connectivity index (χ2v) is 17.1. The first-order chi connectivity index (χ1) is 33.0. The number of carbonyl (C=O) groups is 6. The molecule has 1 aliphatic carbocycles. The minimum atomic E-state index is -1.11. The van der Waals surface area contributed by atoms with E-state index >= 15 is 0 Å². The van der Waals surface area contributed by atoms with Crippen molar-refractivity contribution in [3.8, 4) is 11.5 Å². The van der Waals surface area contributed by atoms with Gasteiger partial charge in [-0.1, -0.05) is 24.6 Å². The highest BCUT2D eigenvalue weighted by Crippen LogP contribution is 2.41. The number of amides is 6. The van der Waals surface area contributed by atoms with Crippen molar-refractivity contribution in [3.63, 3.8) is 0 Å². The number of halogens is 2. The minimum Gasteiger partial charge on any atom is -0.490 e. The van der Waals surface area contributed by atoms with E-state index in [4.69, 9.17) is 40.0 Å². The van der Waals surface area contributed by atoms with Crippen LogP contribution in [0.25, 0.3) is 10.9 Å². The van der Waals surface area contributed by atoms with Crippen LogP contribution in [0.3, 0.4) is 0 Å². The van der Waals surface area contributed by atoms with E-state index in [1.54, 1.807) is 36.5 Å². The number of ether oxygens (including phenoxy) is 6. The predicted octanol–water partition coefficient (Wildman–Crippen LogP) is 5.62. The molecule has 6 amide bonds. The molecular weight excluding hydrogens is 905 g/mol. The third kappa shape index (κ3) is 12.9. The van der Waals surface area contributed by atoms with Crippen molar-refractivity contribution in [2.24, 2.45) is 11.8 Å². The lowest BCUT2D eigenvalue weighted by molar-refractivity contribution is -0.136. The van der Waals surface area contributed by atoms with E-state index in [-0.39, 0.29) is 73.0 Å². The summed E-state index contributed by atoms with van der Waals surface area (Å²) in [7, 11) is 0. The van der Waals surface area contributed by atoms with E-state index < -0.39 is 42.2 Å². The predicted molar refractivity (Wildman–Crippen MR) is 246 cm³/mol. The highest BCUT2D eigenvalue weighted by atomic mass is 35.5. The Morgan fingerprint density at radius 1 is 0.809 bits per heavy atom. The summed E-state index contributed by atoms with van der Waals surface area (Å²) in [5.74, 6) is -2.60. The Balaban J connectivity index is 0.680. The fourth-order valence-corrected chi connectivity index (χ4v) is 8.79. The van der Waals surface area contributed by atoms with Gasteiger partial charge >= 0.3 is 0 Å². The SMILES string of the molecule is C[C@@H](C(=O)Nc1ccc(Cl)c(OCCOCCOCCOCCOCCNC(=O)COc2cccc3c2C(=O)N(C2CCC(=O)NC2=O)C3=O)c1)[C@H]1CC[C@@H](c2ccnc3ccc(F)cc32)CC1. The number of benzene rings is 3. The van der Waals surface area contributed by atoms with Gasteiger partial charge in [0.2, 0.25) is 17.7 Å². The zero-order valence-electron chi connectivity index (χ0n) is 37.7. The average molecular weight is 960 g/mol. The van der Waals surface area contributed by atoms with Gasteiger partial charge in [0, 0.05) is 42.2 Å². The Kier molecular flexibility index (Phi) is 17.8. The number of pyridine rings is 1. The fraction of sp³-hybridized carbons (Fsp3) is 0.449. The van der Waals surface area contributed by atoms with Crippen LogP contribution < -0.4 is 25.4 Å². The van der Waals surface area contributed by atoms with Crippen molar-refractivity contribution in [2.45, 2.75) is 57.4 Å². The van der Waals surface area contributed by atoms with E-state index in [2.05, 4.69) is 20.9 Å². The van der Waals surface area contributed by atoms with Crippen LogP contribution in [-0.2, 0) is 38.1 Å². The second kappa shape index (κ2) is 24.3. The number of imide groups is 2. The first kappa shape index (κ1) is 49.8. The van der Waals surface area contributed by atoms with Gasteiger partial charge < -0.3 is 39.1 Å². The highest BCUT2D eigenvalue weighted by Gasteiger charge is 2.46. The molecule has 0 bridgehead atoms. The van der Waals surface area contributed by atoms with Crippen molar-refractivity contribution in [3.05, 3.63) is 94.4 Å². The summed E-state index contributed by atoms with van der Waals surface area (Å²) in [4.78, 5) is 81.0. The van der Waals surface area contributed by atoms with Gasteiger partial charge in [-0.15, -0.1) is 0 Å². The maximum Gasteiger partial charge on any atom is 0.266 e. The van der Waals surface area contributed by atoms with Crippen molar-refractivity contribution in [1.82, 2.24) is 20.5 Å². The molecule has 1 saturated carbocycles. The van der Waals surface area contributed by atoms with Crippen LogP contribution in [0.15, 0.2) is 66.9 Å². The summed E-state index contributed by atoms with van der Waals surface area (Å²) in [6, 6.07) is 15.1. The first-order valence-corrected chi connectivity index (χ1v) is 23.2. The molecule has 3 aliphatic rings. The van der Waals surface area contributed by atoms with Gasteiger partial charge in [0.25, 0.3) is 17.7 Å². The fourth-order valence-electron chi connectivity index (χ4n) is 8.62. The summed E-state index contributed by atoms with van der Waals surface area (Å²) >= 11 is 6.38. The Morgan fingerprint density at radius 2 is 1.51 bits per heavy atom. The highest BCUT2D eigenvalue weighted by molar-refractivity contribution is 6.32. The number of nitrogens with one attached hydrogen (secondary N) is 3. The van der Waals surface area contributed by atoms with Crippen LogP contribution in [0.5, 0.6) is 11.5 Å². The number of hydrogen-bond acceptors (Lipinski definition) is 13. The molecule has 1 unspecified atom stereocenters. The van der Waals surface area contributed by atoms with Crippen molar-refractivity contribution in [1.29, 1.82) is 0 Å². The summed E-state index contributed by atoms with van der Waals surface area (Å²) in [5.41, 5.74) is 2.51. The normalized spacial score (nSPS) is 18.6. The monoisotopic (exact) mass is 959 g/mol. The molecule has 0 spiro atoms. The van der Waals surface area contributed by atoms with Gasteiger partial charge in [0.15, 0.2) is 6.61 Å². The molecular formula is C49H55ClFN5O12. The summed E-state index contributed by atoms with van der Waals surface area (Å²) in [5, 5.41) is 9.10. The molecule has 0 radical (unpaired) electrons. The van der Waals surface area contributed by atoms with Gasteiger partial charge in [0.1, 0.15) is 30.0 Å². The third-order valence-corrected chi connectivity index (χ3v) is 12.5. The van der Waals surface area contributed by atoms with Gasteiger partial charge in [-0.2, -0.15) is 0 Å².